The van der Waals surface area contributed by atoms with Crippen molar-refractivity contribution in [3.05, 3.63) is 0 Å². The van der Waals surface area contributed by atoms with E-state index in [9.17, 15) is 4.79 Å². The summed E-state index contributed by atoms with van der Waals surface area (Å²) in [7, 11) is 2.07. The van der Waals surface area contributed by atoms with Crippen LogP contribution in [0.25, 0.3) is 0 Å². The highest BCUT2D eigenvalue weighted by Crippen LogP contribution is 2.21. The highest BCUT2D eigenvalue weighted by Gasteiger charge is 2.23. The number of carbonyl (C=O) groups excluding carboxylic acids is 1. The van der Waals surface area contributed by atoms with Crippen LogP contribution in [0.5, 0.6) is 0 Å². The van der Waals surface area contributed by atoms with Crippen LogP contribution in [-0.2, 0) is 4.79 Å². The third-order valence-electron chi connectivity index (χ3n) is 3.41. The monoisotopic (exact) mass is 213 g/mol. The molecule has 1 saturated carbocycles. The van der Waals surface area contributed by atoms with Gasteiger partial charge in [0.1, 0.15) is 0 Å². The van der Waals surface area contributed by atoms with Gasteiger partial charge in [-0.3, -0.25) is 4.79 Å². The highest BCUT2D eigenvalue weighted by atomic mass is 16.1. The third kappa shape index (κ3) is 3.80. The van der Waals surface area contributed by atoms with Gasteiger partial charge in [0.25, 0.3) is 0 Å². The maximum absolute atomic E-state index is 10.9. The maximum atomic E-state index is 10.9. The van der Waals surface area contributed by atoms with Crippen LogP contribution >= 0.6 is 0 Å². The zero-order valence-electron chi connectivity index (χ0n) is 9.78. The van der Waals surface area contributed by atoms with Crippen LogP contribution in [0.2, 0.25) is 0 Å². The van der Waals surface area contributed by atoms with Gasteiger partial charge in [0.15, 0.2) is 0 Å². The van der Waals surface area contributed by atoms with E-state index in [0.29, 0.717) is 12.1 Å². The van der Waals surface area contributed by atoms with Gasteiger partial charge in [0.05, 0.1) is 0 Å². The lowest BCUT2D eigenvalue weighted by Gasteiger charge is -2.34. The Morgan fingerprint density at radius 3 is 2.40 bits per heavy atom. The van der Waals surface area contributed by atoms with Crippen LogP contribution < -0.4 is 11.5 Å². The molecule has 1 amide bonds. The Bertz CT molecular complexity index is 212. The fraction of sp³-hybridized carbons (Fsp3) is 0.909. The molecule has 1 rings (SSSR count). The van der Waals surface area contributed by atoms with Gasteiger partial charge in [-0.25, -0.2) is 0 Å². The molecule has 0 radical (unpaired) electrons. The van der Waals surface area contributed by atoms with Gasteiger partial charge in [0, 0.05) is 24.5 Å². The molecule has 0 spiro atoms. The Hall–Kier alpha value is -0.610. The lowest BCUT2D eigenvalue weighted by molar-refractivity contribution is -0.122. The summed E-state index contributed by atoms with van der Waals surface area (Å²) >= 11 is 0. The molecule has 0 aliphatic heterocycles. The lowest BCUT2D eigenvalue weighted by atomic mass is 9.90. The minimum Gasteiger partial charge on any atom is -0.369 e. The number of amides is 1. The minimum atomic E-state index is -0.214. The first-order valence-electron chi connectivity index (χ1n) is 5.76. The van der Waals surface area contributed by atoms with Crippen molar-refractivity contribution >= 4 is 5.91 Å². The second-order valence-electron chi connectivity index (χ2n) is 4.81. The molecule has 88 valence electrons. The molecule has 0 heterocycles. The number of carbonyl (C=O) groups is 1. The van der Waals surface area contributed by atoms with E-state index in [0.717, 1.165) is 32.2 Å². The quantitative estimate of drug-likeness (QED) is 0.706. The second kappa shape index (κ2) is 5.47. The average Bonchev–Trinajstić information content (AvgIpc) is 2.18. The summed E-state index contributed by atoms with van der Waals surface area (Å²) in [5.74, 6) is -0.278. The minimum absolute atomic E-state index is 0.0643. The predicted octanol–water partition coefficient (Wildman–Crippen LogP) is 0.310. The maximum Gasteiger partial charge on any atom is 0.221 e. The van der Waals surface area contributed by atoms with Crippen molar-refractivity contribution in [3.63, 3.8) is 0 Å². The van der Waals surface area contributed by atoms with Crippen LogP contribution in [-0.4, -0.2) is 36.5 Å². The fourth-order valence-electron chi connectivity index (χ4n) is 2.21. The molecule has 1 aliphatic carbocycles. The molecule has 0 aromatic heterocycles. The van der Waals surface area contributed by atoms with Gasteiger partial charge < -0.3 is 16.4 Å². The number of primary amides is 1. The first-order valence-corrected chi connectivity index (χ1v) is 5.76. The predicted molar refractivity (Wildman–Crippen MR) is 61.2 cm³/mol. The van der Waals surface area contributed by atoms with Gasteiger partial charge in [-0.15, -0.1) is 0 Å². The SMILES string of the molecule is CC(CN(C)C1CCC(N)CC1)C(N)=O. The van der Waals surface area contributed by atoms with E-state index in [-0.39, 0.29) is 11.8 Å². The third-order valence-corrected chi connectivity index (χ3v) is 3.41. The van der Waals surface area contributed by atoms with E-state index >= 15 is 0 Å². The van der Waals surface area contributed by atoms with E-state index in [4.69, 9.17) is 11.5 Å². The molecule has 0 saturated heterocycles. The Kier molecular flexibility index (Phi) is 4.54. The number of nitrogens with two attached hydrogens (primary N) is 2. The van der Waals surface area contributed by atoms with E-state index < -0.39 is 0 Å². The van der Waals surface area contributed by atoms with E-state index in [1.54, 1.807) is 0 Å². The summed E-state index contributed by atoms with van der Waals surface area (Å²) in [4.78, 5) is 13.2. The number of rotatable bonds is 4. The molecule has 1 fully saturated rings. The normalized spacial score (nSPS) is 29.1. The molecule has 4 heteroatoms. The molecule has 4 N–H and O–H groups in total. The molecule has 1 aliphatic rings. The highest BCUT2D eigenvalue weighted by molar-refractivity contribution is 5.76. The van der Waals surface area contributed by atoms with Crippen molar-refractivity contribution in [1.82, 2.24) is 4.90 Å². The lowest BCUT2D eigenvalue weighted by Crippen LogP contribution is -2.42. The Morgan fingerprint density at radius 1 is 1.40 bits per heavy atom. The summed E-state index contributed by atoms with van der Waals surface area (Å²) in [5.41, 5.74) is 11.1. The molecule has 15 heavy (non-hydrogen) atoms. The smallest absolute Gasteiger partial charge is 0.221 e. The molecule has 0 aromatic carbocycles. The number of nitrogens with zero attached hydrogens (tertiary/aromatic N) is 1. The van der Waals surface area contributed by atoms with Crippen molar-refractivity contribution in [2.75, 3.05) is 13.6 Å². The van der Waals surface area contributed by atoms with Crippen LogP contribution in [0.1, 0.15) is 32.6 Å². The van der Waals surface area contributed by atoms with Gasteiger partial charge in [0.2, 0.25) is 5.91 Å². The van der Waals surface area contributed by atoms with E-state index in [1.165, 1.54) is 0 Å². The van der Waals surface area contributed by atoms with Gasteiger partial charge >= 0.3 is 0 Å². The molecule has 0 bridgehead atoms. The van der Waals surface area contributed by atoms with Crippen molar-refractivity contribution in [3.8, 4) is 0 Å². The molecule has 0 aromatic rings. The summed E-state index contributed by atoms with van der Waals surface area (Å²) in [6.07, 6.45) is 4.48. The fourth-order valence-corrected chi connectivity index (χ4v) is 2.21. The molecule has 4 nitrogen and oxygen atoms in total. The summed E-state index contributed by atoms with van der Waals surface area (Å²) in [5, 5.41) is 0. The van der Waals surface area contributed by atoms with Crippen molar-refractivity contribution < 1.29 is 4.79 Å². The standard InChI is InChI=1S/C11H23N3O/c1-8(11(13)15)7-14(2)10-5-3-9(12)4-6-10/h8-10H,3-7,12H2,1-2H3,(H2,13,15). The van der Waals surface area contributed by atoms with E-state index in [1.807, 2.05) is 6.92 Å². The van der Waals surface area contributed by atoms with Gasteiger partial charge in [-0.05, 0) is 32.7 Å². The Labute approximate surface area is 92.0 Å². The first kappa shape index (κ1) is 12.5. The van der Waals surface area contributed by atoms with Crippen molar-refractivity contribution in [2.45, 2.75) is 44.7 Å². The number of hydrogen-bond donors (Lipinski definition) is 2. The topological polar surface area (TPSA) is 72.3 Å². The zero-order chi connectivity index (χ0) is 11.4. The Balaban J connectivity index is 2.33. The van der Waals surface area contributed by atoms with Crippen molar-refractivity contribution in [1.29, 1.82) is 0 Å². The summed E-state index contributed by atoms with van der Waals surface area (Å²) in [6.45, 7) is 2.64. The van der Waals surface area contributed by atoms with E-state index in [2.05, 4.69) is 11.9 Å². The van der Waals surface area contributed by atoms with Crippen molar-refractivity contribution in [2.24, 2.45) is 17.4 Å². The van der Waals surface area contributed by atoms with Gasteiger partial charge in [-0.2, -0.15) is 0 Å². The molecular weight excluding hydrogens is 190 g/mol. The largest absolute Gasteiger partial charge is 0.369 e. The average molecular weight is 213 g/mol. The Morgan fingerprint density at radius 2 is 1.93 bits per heavy atom. The van der Waals surface area contributed by atoms with Crippen LogP contribution in [0, 0.1) is 5.92 Å². The van der Waals surface area contributed by atoms with Crippen LogP contribution in [0.4, 0.5) is 0 Å². The van der Waals surface area contributed by atoms with Crippen LogP contribution in [0.15, 0.2) is 0 Å². The first-order chi connectivity index (χ1) is 7.00. The molecular formula is C11H23N3O. The van der Waals surface area contributed by atoms with Gasteiger partial charge in [-0.1, -0.05) is 6.92 Å². The number of hydrogen-bond acceptors (Lipinski definition) is 3. The zero-order valence-corrected chi connectivity index (χ0v) is 9.78. The second-order valence-corrected chi connectivity index (χ2v) is 4.81. The molecule has 1 unspecified atom stereocenters. The summed E-state index contributed by atoms with van der Waals surface area (Å²) < 4.78 is 0. The van der Waals surface area contributed by atoms with Crippen LogP contribution in [0.3, 0.4) is 0 Å². The molecule has 1 atom stereocenters. The summed E-state index contributed by atoms with van der Waals surface area (Å²) in [6, 6.07) is 0.954.